The van der Waals surface area contributed by atoms with E-state index < -0.39 is 16.0 Å². The van der Waals surface area contributed by atoms with Gasteiger partial charge in [0.1, 0.15) is 17.4 Å². The van der Waals surface area contributed by atoms with Crippen LogP contribution in [0, 0.1) is 0 Å². The fourth-order valence-electron chi connectivity index (χ4n) is 2.09. The summed E-state index contributed by atoms with van der Waals surface area (Å²) in [5.41, 5.74) is 0.502. The second kappa shape index (κ2) is 4.82. The zero-order chi connectivity index (χ0) is 14.2. The third-order valence-electron chi connectivity index (χ3n) is 2.84. The molecule has 19 heavy (non-hydrogen) atoms. The van der Waals surface area contributed by atoms with Crippen molar-refractivity contribution in [2.45, 2.75) is 31.3 Å². The van der Waals surface area contributed by atoms with Gasteiger partial charge >= 0.3 is 5.97 Å². The van der Waals surface area contributed by atoms with E-state index in [1.54, 1.807) is 6.92 Å². The Morgan fingerprint density at radius 2 is 2.21 bits per heavy atom. The van der Waals surface area contributed by atoms with Crippen molar-refractivity contribution in [2.75, 3.05) is 6.54 Å². The number of carboxylic acids is 1. The molecule has 1 aliphatic rings. The van der Waals surface area contributed by atoms with Crippen molar-refractivity contribution < 1.29 is 23.1 Å². The summed E-state index contributed by atoms with van der Waals surface area (Å²) in [6, 6.07) is 2.61. The number of hydrogen-bond donors (Lipinski definition) is 2. The van der Waals surface area contributed by atoms with E-state index in [1.807, 2.05) is 6.92 Å². The van der Waals surface area contributed by atoms with Crippen molar-refractivity contribution in [3.05, 3.63) is 23.3 Å². The van der Waals surface area contributed by atoms with Gasteiger partial charge in [-0.2, -0.15) is 0 Å². The summed E-state index contributed by atoms with van der Waals surface area (Å²) < 4.78 is 31.7. The molecule has 1 unspecified atom stereocenters. The summed E-state index contributed by atoms with van der Waals surface area (Å²) in [4.78, 5) is 11.2. The van der Waals surface area contributed by atoms with E-state index in [1.165, 1.54) is 6.07 Å². The summed E-state index contributed by atoms with van der Waals surface area (Å²) in [5, 5.41) is 9.16. The third kappa shape index (κ3) is 2.57. The highest BCUT2D eigenvalue weighted by molar-refractivity contribution is 7.89. The van der Waals surface area contributed by atoms with E-state index >= 15 is 0 Å². The van der Waals surface area contributed by atoms with E-state index in [-0.39, 0.29) is 28.9 Å². The SMILES string of the molecule is CCNS(=O)(=O)c1cc2c(c(C(=O)O)c1)OC(C)C2. The molecular weight excluding hydrogens is 270 g/mol. The first-order chi connectivity index (χ1) is 8.85. The summed E-state index contributed by atoms with van der Waals surface area (Å²) in [7, 11) is -3.67. The molecule has 7 heteroatoms. The van der Waals surface area contributed by atoms with Crippen LogP contribution in [0.25, 0.3) is 0 Å². The van der Waals surface area contributed by atoms with Gasteiger partial charge in [0.15, 0.2) is 0 Å². The molecule has 0 saturated heterocycles. The maximum absolute atomic E-state index is 11.9. The number of rotatable bonds is 4. The molecule has 6 nitrogen and oxygen atoms in total. The Labute approximate surface area is 111 Å². The molecule has 1 atom stereocenters. The van der Waals surface area contributed by atoms with Gasteiger partial charge < -0.3 is 9.84 Å². The maximum atomic E-state index is 11.9. The summed E-state index contributed by atoms with van der Waals surface area (Å²) >= 11 is 0. The Hall–Kier alpha value is -1.60. The minimum atomic E-state index is -3.67. The second-order valence-electron chi connectivity index (χ2n) is 4.40. The Bertz CT molecular complexity index is 623. The molecule has 1 aliphatic heterocycles. The average molecular weight is 285 g/mol. The number of carbonyl (C=O) groups is 1. The van der Waals surface area contributed by atoms with Crippen LogP contribution in [0.2, 0.25) is 0 Å². The average Bonchev–Trinajstić information content (AvgIpc) is 2.67. The molecule has 0 radical (unpaired) electrons. The number of ether oxygens (including phenoxy) is 1. The number of nitrogens with one attached hydrogen (secondary N) is 1. The van der Waals surface area contributed by atoms with Crippen LogP contribution in [0.4, 0.5) is 0 Å². The molecule has 2 N–H and O–H groups in total. The van der Waals surface area contributed by atoms with Gasteiger partial charge in [0.25, 0.3) is 0 Å². The molecular formula is C12H15NO5S. The Morgan fingerprint density at radius 3 is 2.79 bits per heavy atom. The smallest absolute Gasteiger partial charge is 0.339 e. The van der Waals surface area contributed by atoms with Crippen LogP contribution in [0.1, 0.15) is 29.8 Å². The molecule has 0 spiro atoms. The van der Waals surface area contributed by atoms with Crippen molar-refractivity contribution in [2.24, 2.45) is 0 Å². The number of sulfonamides is 1. The molecule has 1 heterocycles. The van der Waals surface area contributed by atoms with Gasteiger partial charge in [-0.1, -0.05) is 6.92 Å². The summed E-state index contributed by atoms with van der Waals surface area (Å²) in [6.45, 7) is 3.72. The van der Waals surface area contributed by atoms with Crippen molar-refractivity contribution in [1.82, 2.24) is 4.72 Å². The molecule has 104 valence electrons. The standard InChI is InChI=1S/C12H15NO5S/c1-3-13-19(16,17)9-5-8-4-7(2)18-11(8)10(6-9)12(14)15/h5-7,13H,3-4H2,1-2H3,(H,14,15). The van der Waals surface area contributed by atoms with E-state index in [2.05, 4.69) is 4.72 Å². The summed E-state index contributed by atoms with van der Waals surface area (Å²) in [5.74, 6) is -0.922. The van der Waals surface area contributed by atoms with Crippen molar-refractivity contribution in [1.29, 1.82) is 0 Å². The van der Waals surface area contributed by atoms with Crippen LogP contribution in [0.3, 0.4) is 0 Å². The van der Waals surface area contributed by atoms with Crippen LogP contribution >= 0.6 is 0 Å². The normalized spacial score (nSPS) is 17.9. The maximum Gasteiger partial charge on any atom is 0.339 e. The predicted octanol–water partition coefficient (Wildman–Crippen LogP) is 1.01. The molecule has 1 aromatic carbocycles. The van der Waals surface area contributed by atoms with E-state index in [0.29, 0.717) is 12.0 Å². The van der Waals surface area contributed by atoms with Crippen molar-refractivity contribution in [3.8, 4) is 5.75 Å². The highest BCUT2D eigenvalue weighted by atomic mass is 32.2. The van der Waals surface area contributed by atoms with Crippen molar-refractivity contribution in [3.63, 3.8) is 0 Å². The Kier molecular flexibility index (Phi) is 3.51. The third-order valence-corrected chi connectivity index (χ3v) is 4.37. The topological polar surface area (TPSA) is 92.7 Å². The van der Waals surface area contributed by atoms with Crippen LogP contribution < -0.4 is 9.46 Å². The summed E-state index contributed by atoms with van der Waals surface area (Å²) in [6.07, 6.45) is 0.357. The predicted molar refractivity (Wildman–Crippen MR) is 68.1 cm³/mol. The Morgan fingerprint density at radius 1 is 1.53 bits per heavy atom. The number of hydrogen-bond acceptors (Lipinski definition) is 4. The lowest BCUT2D eigenvalue weighted by Crippen LogP contribution is -2.23. The highest BCUT2D eigenvalue weighted by Gasteiger charge is 2.28. The number of carboxylic acid groups (broad SMARTS) is 1. The van der Waals surface area contributed by atoms with Crippen LogP contribution in [0.15, 0.2) is 17.0 Å². The highest BCUT2D eigenvalue weighted by Crippen LogP contribution is 2.35. The molecule has 0 fully saturated rings. The lowest BCUT2D eigenvalue weighted by atomic mass is 10.1. The van der Waals surface area contributed by atoms with Gasteiger partial charge in [0.2, 0.25) is 10.0 Å². The van der Waals surface area contributed by atoms with Gasteiger partial charge in [0, 0.05) is 18.5 Å². The van der Waals surface area contributed by atoms with E-state index in [0.717, 1.165) is 6.07 Å². The zero-order valence-corrected chi connectivity index (χ0v) is 11.5. The number of fused-ring (bicyclic) bond motifs is 1. The zero-order valence-electron chi connectivity index (χ0n) is 10.6. The quantitative estimate of drug-likeness (QED) is 0.861. The molecule has 0 amide bonds. The van der Waals surface area contributed by atoms with Crippen molar-refractivity contribution >= 4 is 16.0 Å². The Balaban J connectivity index is 2.59. The molecule has 0 saturated carbocycles. The van der Waals surface area contributed by atoms with E-state index in [4.69, 9.17) is 9.84 Å². The first-order valence-corrected chi connectivity index (χ1v) is 7.40. The largest absolute Gasteiger partial charge is 0.489 e. The van der Waals surface area contributed by atoms with Gasteiger partial charge in [-0.15, -0.1) is 0 Å². The van der Waals surface area contributed by atoms with Crippen LogP contribution in [-0.4, -0.2) is 32.1 Å². The molecule has 0 aromatic heterocycles. The minimum Gasteiger partial charge on any atom is -0.489 e. The minimum absolute atomic E-state index is 0.0387. The number of aromatic carboxylic acids is 1. The fraction of sp³-hybridized carbons (Fsp3) is 0.417. The monoisotopic (exact) mass is 285 g/mol. The van der Waals surface area contributed by atoms with Gasteiger partial charge in [0.05, 0.1) is 4.90 Å². The molecule has 0 bridgehead atoms. The first kappa shape index (κ1) is 13.8. The lowest BCUT2D eigenvalue weighted by Gasteiger charge is -2.09. The first-order valence-electron chi connectivity index (χ1n) is 5.91. The van der Waals surface area contributed by atoms with Gasteiger partial charge in [-0.05, 0) is 19.1 Å². The van der Waals surface area contributed by atoms with Gasteiger partial charge in [-0.25, -0.2) is 17.9 Å². The molecule has 1 aromatic rings. The lowest BCUT2D eigenvalue weighted by molar-refractivity contribution is 0.0691. The number of benzene rings is 1. The molecule has 2 rings (SSSR count). The van der Waals surface area contributed by atoms with Crippen LogP contribution in [0.5, 0.6) is 5.75 Å². The van der Waals surface area contributed by atoms with Crippen LogP contribution in [-0.2, 0) is 16.4 Å². The molecule has 0 aliphatic carbocycles. The van der Waals surface area contributed by atoms with E-state index in [9.17, 15) is 13.2 Å². The van der Waals surface area contributed by atoms with Gasteiger partial charge in [-0.3, -0.25) is 0 Å². The second-order valence-corrected chi connectivity index (χ2v) is 6.17. The fourth-order valence-corrected chi connectivity index (χ4v) is 3.21.